The van der Waals surface area contributed by atoms with Gasteiger partial charge in [0, 0.05) is 6.07 Å². The minimum atomic E-state index is -0.703. The molecule has 1 heterocycles. The van der Waals surface area contributed by atoms with Crippen molar-refractivity contribution in [2.75, 3.05) is 0 Å². The maximum Gasteiger partial charge on any atom is 0.494 e. The van der Waals surface area contributed by atoms with E-state index >= 15 is 0 Å². The maximum atomic E-state index is 13.2. The van der Waals surface area contributed by atoms with E-state index in [1.807, 2.05) is 27.7 Å². The molecule has 0 saturated carbocycles. The molecule has 2 nitrogen and oxygen atoms in total. The third-order valence-electron chi connectivity index (χ3n) is 3.77. The normalized spacial score (nSPS) is 20.6. The molecule has 0 N–H and O–H groups in total. The van der Waals surface area contributed by atoms with Gasteiger partial charge in [0.15, 0.2) is 0 Å². The van der Waals surface area contributed by atoms with Gasteiger partial charge in [0.05, 0.1) is 11.2 Å². The Hall–Kier alpha value is -1.20. The minimum absolute atomic E-state index is 0.344. The Morgan fingerprint density at radius 1 is 1.00 bits per heavy atom. The SMILES string of the molecule is C=C(B1OC(C)(C)C(C)(C)O1)c1cc(F)cc(F)c1. The van der Waals surface area contributed by atoms with Gasteiger partial charge < -0.3 is 9.31 Å². The highest BCUT2D eigenvalue weighted by atomic mass is 19.1. The first-order valence-corrected chi connectivity index (χ1v) is 6.13. The Morgan fingerprint density at radius 2 is 1.42 bits per heavy atom. The van der Waals surface area contributed by atoms with Crippen LogP contribution in [-0.2, 0) is 9.31 Å². The van der Waals surface area contributed by atoms with E-state index in [2.05, 4.69) is 6.58 Å². The number of hydrogen-bond donors (Lipinski definition) is 0. The average Bonchev–Trinajstić information content (AvgIpc) is 2.45. The summed E-state index contributed by atoms with van der Waals surface area (Å²) in [6.45, 7) is 11.5. The van der Waals surface area contributed by atoms with Crippen LogP contribution >= 0.6 is 0 Å². The summed E-state index contributed by atoms with van der Waals surface area (Å²) in [6, 6.07) is 3.26. The van der Waals surface area contributed by atoms with E-state index in [-0.39, 0.29) is 0 Å². The average molecular weight is 266 g/mol. The second kappa shape index (κ2) is 4.42. The van der Waals surface area contributed by atoms with Crippen LogP contribution in [0.4, 0.5) is 8.78 Å². The molecule has 1 aliphatic rings. The van der Waals surface area contributed by atoms with Crippen molar-refractivity contribution in [2.24, 2.45) is 0 Å². The molecule has 1 aromatic carbocycles. The van der Waals surface area contributed by atoms with Crippen LogP contribution in [0.2, 0.25) is 0 Å². The molecule has 5 heteroatoms. The Balaban J connectivity index is 2.27. The van der Waals surface area contributed by atoms with E-state index in [4.69, 9.17) is 9.31 Å². The highest BCUT2D eigenvalue weighted by molar-refractivity contribution is 6.68. The largest absolute Gasteiger partial charge is 0.494 e. The lowest BCUT2D eigenvalue weighted by Gasteiger charge is -2.32. The van der Waals surface area contributed by atoms with Crippen LogP contribution in [-0.4, -0.2) is 18.3 Å². The van der Waals surface area contributed by atoms with Gasteiger partial charge in [-0.1, -0.05) is 6.58 Å². The molecule has 0 unspecified atom stereocenters. The molecule has 1 fully saturated rings. The van der Waals surface area contributed by atoms with Gasteiger partial charge >= 0.3 is 7.12 Å². The molecule has 1 saturated heterocycles. The second-order valence-corrected chi connectivity index (χ2v) is 5.77. The molecule has 0 aromatic heterocycles. The molecule has 1 aliphatic heterocycles. The Morgan fingerprint density at radius 3 is 1.84 bits per heavy atom. The van der Waals surface area contributed by atoms with Gasteiger partial charge in [0.1, 0.15) is 11.6 Å². The van der Waals surface area contributed by atoms with Gasteiger partial charge in [-0.05, 0) is 50.9 Å². The highest BCUT2D eigenvalue weighted by Crippen LogP contribution is 2.40. The van der Waals surface area contributed by atoms with Crippen molar-refractivity contribution in [2.45, 2.75) is 38.9 Å². The fourth-order valence-corrected chi connectivity index (χ4v) is 1.86. The number of benzene rings is 1. The monoisotopic (exact) mass is 266 g/mol. The molecule has 0 amide bonds. The van der Waals surface area contributed by atoms with Crippen LogP contribution < -0.4 is 0 Å². The Kier molecular flexibility index (Phi) is 3.31. The summed E-state index contributed by atoms with van der Waals surface area (Å²) < 4.78 is 38.0. The van der Waals surface area contributed by atoms with E-state index in [1.165, 1.54) is 12.1 Å². The lowest BCUT2D eigenvalue weighted by atomic mass is 9.75. The van der Waals surface area contributed by atoms with Crippen LogP contribution in [0.15, 0.2) is 24.8 Å². The first-order valence-electron chi connectivity index (χ1n) is 6.13. The zero-order chi connectivity index (χ0) is 14.4. The van der Waals surface area contributed by atoms with Crippen molar-refractivity contribution in [3.63, 3.8) is 0 Å². The zero-order valence-corrected chi connectivity index (χ0v) is 11.6. The lowest BCUT2D eigenvalue weighted by molar-refractivity contribution is 0.00578. The van der Waals surface area contributed by atoms with E-state index in [0.29, 0.717) is 11.0 Å². The first-order chi connectivity index (χ1) is 8.62. The van der Waals surface area contributed by atoms with Crippen molar-refractivity contribution in [3.8, 4) is 0 Å². The van der Waals surface area contributed by atoms with Gasteiger partial charge in [0.2, 0.25) is 0 Å². The van der Waals surface area contributed by atoms with E-state index in [9.17, 15) is 8.78 Å². The van der Waals surface area contributed by atoms with Crippen molar-refractivity contribution >= 4 is 12.6 Å². The van der Waals surface area contributed by atoms with Crippen LogP contribution in [0.5, 0.6) is 0 Å². The molecule has 19 heavy (non-hydrogen) atoms. The predicted octanol–water partition coefficient (Wildman–Crippen LogP) is 3.61. The summed E-state index contributed by atoms with van der Waals surface area (Å²) >= 11 is 0. The Bertz CT molecular complexity index is 490. The summed E-state index contributed by atoms with van der Waals surface area (Å²) in [4.78, 5) is 0. The van der Waals surface area contributed by atoms with Crippen molar-refractivity contribution in [1.29, 1.82) is 0 Å². The number of hydrogen-bond acceptors (Lipinski definition) is 2. The summed E-state index contributed by atoms with van der Waals surface area (Å²) in [5.74, 6) is -1.29. The third-order valence-corrected chi connectivity index (χ3v) is 3.77. The zero-order valence-electron chi connectivity index (χ0n) is 11.6. The fourth-order valence-electron chi connectivity index (χ4n) is 1.86. The summed E-state index contributed by atoms with van der Waals surface area (Å²) in [5, 5.41) is 0. The lowest BCUT2D eigenvalue weighted by Crippen LogP contribution is -2.41. The fraction of sp³-hybridized carbons (Fsp3) is 0.429. The smallest absolute Gasteiger partial charge is 0.399 e. The van der Waals surface area contributed by atoms with Gasteiger partial charge in [-0.3, -0.25) is 0 Å². The van der Waals surface area contributed by atoms with E-state index in [1.54, 1.807) is 0 Å². The van der Waals surface area contributed by atoms with Crippen molar-refractivity contribution in [1.82, 2.24) is 0 Å². The van der Waals surface area contributed by atoms with Crippen LogP contribution in [0, 0.1) is 11.6 Å². The quantitative estimate of drug-likeness (QED) is 0.761. The first kappa shape index (κ1) is 14.2. The van der Waals surface area contributed by atoms with E-state index in [0.717, 1.165) is 6.07 Å². The van der Waals surface area contributed by atoms with Crippen LogP contribution in [0.1, 0.15) is 33.3 Å². The molecule has 0 spiro atoms. The topological polar surface area (TPSA) is 18.5 Å². The van der Waals surface area contributed by atoms with Gasteiger partial charge in [-0.15, -0.1) is 0 Å². The molecule has 0 aliphatic carbocycles. The molecule has 2 rings (SSSR count). The van der Waals surface area contributed by atoms with Gasteiger partial charge in [-0.25, -0.2) is 8.78 Å². The molecular formula is C14H17BF2O2. The van der Waals surface area contributed by atoms with Crippen LogP contribution in [0.3, 0.4) is 0 Å². The third kappa shape index (κ3) is 2.58. The second-order valence-electron chi connectivity index (χ2n) is 5.77. The molecule has 1 aromatic rings. The standard InChI is InChI=1S/C14H17BF2O2/c1-9(10-6-11(16)8-12(17)7-10)15-18-13(2,3)14(4,5)19-15/h6-8H,1H2,2-5H3. The summed E-state index contributed by atoms with van der Waals surface area (Å²) in [6.07, 6.45) is 0. The molecule has 0 atom stereocenters. The highest BCUT2D eigenvalue weighted by Gasteiger charge is 2.52. The minimum Gasteiger partial charge on any atom is -0.399 e. The molecule has 102 valence electrons. The van der Waals surface area contributed by atoms with Crippen LogP contribution in [0.25, 0.3) is 5.47 Å². The molecule has 0 bridgehead atoms. The molecule has 0 radical (unpaired) electrons. The van der Waals surface area contributed by atoms with Gasteiger partial charge in [0.25, 0.3) is 0 Å². The van der Waals surface area contributed by atoms with Crippen molar-refractivity contribution in [3.05, 3.63) is 42.0 Å². The summed E-state index contributed by atoms with van der Waals surface area (Å²) in [7, 11) is -0.703. The van der Waals surface area contributed by atoms with E-state index < -0.39 is 30.0 Å². The van der Waals surface area contributed by atoms with Crippen molar-refractivity contribution < 1.29 is 18.1 Å². The van der Waals surface area contributed by atoms with Gasteiger partial charge in [-0.2, -0.15) is 0 Å². The number of rotatable bonds is 2. The molecular weight excluding hydrogens is 249 g/mol. The predicted molar refractivity (Wildman–Crippen MR) is 71.5 cm³/mol. The number of halogens is 2. The maximum absolute atomic E-state index is 13.2. The Labute approximate surface area is 112 Å². The summed E-state index contributed by atoms with van der Waals surface area (Å²) in [5.41, 5.74) is -0.257.